The molecular weight excluding hydrogens is 218 g/mol. The van der Waals surface area contributed by atoms with E-state index in [4.69, 9.17) is 11.6 Å². The van der Waals surface area contributed by atoms with Crippen LogP contribution in [0, 0.1) is 0 Å². The van der Waals surface area contributed by atoms with Crippen molar-refractivity contribution >= 4 is 23.5 Å². The van der Waals surface area contributed by atoms with Crippen LogP contribution in [-0.4, -0.2) is 6.21 Å². The standard InChI is InChI=1S/C14H10ClN/c15-13-5-6-14-12(8-13)7-10-3-1-2-4-11(10)9-16-14/h1-6,8-9H,7H2. The quantitative estimate of drug-likeness (QED) is 0.551. The zero-order valence-electron chi connectivity index (χ0n) is 8.65. The SMILES string of the molecule is Clc1ccc2c(c1)Cc1ccccc1C=N2. The van der Waals surface area contributed by atoms with Gasteiger partial charge < -0.3 is 0 Å². The number of hydrogen-bond donors (Lipinski definition) is 0. The maximum absolute atomic E-state index is 6.01. The summed E-state index contributed by atoms with van der Waals surface area (Å²) in [6, 6.07) is 14.2. The highest BCUT2D eigenvalue weighted by atomic mass is 35.5. The third kappa shape index (κ3) is 1.63. The molecule has 0 bridgehead atoms. The van der Waals surface area contributed by atoms with Crippen LogP contribution < -0.4 is 0 Å². The van der Waals surface area contributed by atoms with Crippen molar-refractivity contribution in [2.45, 2.75) is 6.42 Å². The Balaban J connectivity index is 2.18. The van der Waals surface area contributed by atoms with Crippen LogP contribution in [0.4, 0.5) is 5.69 Å². The van der Waals surface area contributed by atoms with E-state index >= 15 is 0 Å². The number of halogens is 1. The Morgan fingerprint density at radius 1 is 1.00 bits per heavy atom. The van der Waals surface area contributed by atoms with Crippen molar-refractivity contribution in [3.63, 3.8) is 0 Å². The molecule has 0 radical (unpaired) electrons. The van der Waals surface area contributed by atoms with Gasteiger partial charge in [-0.05, 0) is 34.9 Å². The van der Waals surface area contributed by atoms with Gasteiger partial charge in [-0.2, -0.15) is 0 Å². The monoisotopic (exact) mass is 227 g/mol. The Morgan fingerprint density at radius 3 is 2.81 bits per heavy atom. The van der Waals surface area contributed by atoms with Gasteiger partial charge in [0.05, 0.1) is 5.69 Å². The molecule has 0 saturated heterocycles. The van der Waals surface area contributed by atoms with E-state index in [0.29, 0.717) is 0 Å². The highest BCUT2D eigenvalue weighted by Gasteiger charge is 2.09. The normalized spacial score (nSPS) is 12.8. The van der Waals surface area contributed by atoms with E-state index in [-0.39, 0.29) is 0 Å². The van der Waals surface area contributed by atoms with E-state index in [1.54, 1.807) is 0 Å². The van der Waals surface area contributed by atoms with E-state index < -0.39 is 0 Å². The zero-order chi connectivity index (χ0) is 11.0. The molecule has 78 valence electrons. The fraction of sp³-hybridized carbons (Fsp3) is 0.0714. The second kappa shape index (κ2) is 3.76. The summed E-state index contributed by atoms with van der Waals surface area (Å²) in [6.07, 6.45) is 2.82. The number of hydrogen-bond acceptors (Lipinski definition) is 1. The van der Waals surface area contributed by atoms with Crippen molar-refractivity contribution in [2.24, 2.45) is 4.99 Å². The third-order valence-corrected chi connectivity index (χ3v) is 3.06. The Kier molecular flexibility index (Phi) is 2.26. The molecule has 0 spiro atoms. The first-order valence-corrected chi connectivity index (χ1v) is 5.61. The lowest BCUT2D eigenvalue weighted by Crippen LogP contribution is -1.91. The van der Waals surface area contributed by atoms with Crippen LogP contribution >= 0.6 is 11.6 Å². The van der Waals surface area contributed by atoms with Crippen molar-refractivity contribution in [1.82, 2.24) is 0 Å². The van der Waals surface area contributed by atoms with Gasteiger partial charge in [-0.1, -0.05) is 35.9 Å². The van der Waals surface area contributed by atoms with Crippen LogP contribution in [0.15, 0.2) is 47.5 Å². The summed E-state index contributed by atoms with van der Waals surface area (Å²) in [6.45, 7) is 0. The Labute approximate surface area is 99.4 Å². The first-order chi connectivity index (χ1) is 7.83. The summed E-state index contributed by atoms with van der Waals surface area (Å²) < 4.78 is 0. The van der Waals surface area contributed by atoms with Crippen molar-refractivity contribution in [3.05, 3.63) is 64.2 Å². The van der Waals surface area contributed by atoms with E-state index in [9.17, 15) is 0 Å². The lowest BCUT2D eigenvalue weighted by Gasteiger charge is -2.04. The van der Waals surface area contributed by atoms with Gasteiger partial charge in [0, 0.05) is 17.7 Å². The molecule has 0 fully saturated rings. The minimum atomic E-state index is 0.772. The van der Waals surface area contributed by atoms with Crippen molar-refractivity contribution < 1.29 is 0 Å². The predicted molar refractivity (Wildman–Crippen MR) is 68.0 cm³/mol. The summed E-state index contributed by atoms with van der Waals surface area (Å²) in [5.74, 6) is 0. The molecule has 1 heterocycles. The van der Waals surface area contributed by atoms with Crippen LogP contribution in [0.5, 0.6) is 0 Å². The van der Waals surface area contributed by atoms with Crippen LogP contribution in [0.2, 0.25) is 5.02 Å². The smallest absolute Gasteiger partial charge is 0.0666 e. The average molecular weight is 228 g/mol. The highest BCUT2D eigenvalue weighted by molar-refractivity contribution is 6.30. The summed E-state index contributed by atoms with van der Waals surface area (Å²) in [5, 5.41) is 0.772. The lowest BCUT2D eigenvalue weighted by atomic mass is 10.0. The van der Waals surface area contributed by atoms with E-state index in [1.807, 2.05) is 30.5 Å². The predicted octanol–water partition coefficient (Wildman–Crippen LogP) is 3.99. The van der Waals surface area contributed by atoms with Gasteiger partial charge in [-0.15, -0.1) is 0 Å². The van der Waals surface area contributed by atoms with Gasteiger partial charge in [-0.3, -0.25) is 4.99 Å². The van der Waals surface area contributed by atoms with Crippen LogP contribution in [0.3, 0.4) is 0 Å². The molecule has 0 saturated carbocycles. The van der Waals surface area contributed by atoms with Gasteiger partial charge in [0.1, 0.15) is 0 Å². The molecule has 0 N–H and O–H groups in total. The number of fused-ring (bicyclic) bond motifs is 2. The molecule has 2 aromatic carbocycles. The second-order valence-electron chi connectivity index (χ2n) is 3.91. The summed E-state index contributed by atoms with van der Waals surface area (Å²) in [5.41, 5.74) is 4.69. The number of aliphatic imine (C=N–C) groups is 1. The molecule has 1 nitrogen and oxygen atoms in total. The molecule has 2 aromatic rings. The third-order valence-electron chi connectivity index (χ3n) is 2.82. The minimum absolute atomic E-state index is 0.772. The molecule has 0 unspecified atom stereocenters. The largest absolute Gasteiger partial charge is 0.256 e. The van der Waals surface area contributed by atoms with E-state index in [0.717, 1.165) is 17.1 Å². The van der Waals surface area contributed by atoms with E-state index in [2.05, 4.69) is 23.2 Å². The summed E-state index contributed by atoms with van der Waals surface area (Å²) >= 11 is 6.01. The van der Waals surface area contributed by atoms with Gasteiger partial charge in [0.2, 0.25) is 0 Å². The number of nitrogens with zero attached hydrogens (tertiary/aromatic N) is 1. The second-order valence-corrected chi connectivity index (χ2v) is 4.34. The van der Waals surface area contributed by atoms with E-state index in [1.165, 1.54) is 16.7 Å². The van der Waals surface area contributed by atoms with Crippen molar-refractivity contribution in [1.29, 1.82) is 0 Å². The summed E-state index contributed by atoms with van der Waals surface area (Å²) in [4.78, 5) is 4.49. The first kappa shape index (κ1) is 9.61. The Hall–Kier alpha value is -1.60. The fourth-order valence-corrected chi connectivity index (χ4v) is 2.18. The number of rotatable bonds is 0. The minimum Gasteiger partial charge on any atom is -0.256 e. The number of benzene rings is 2. The first-order valence-electron chi connectivity index (χ1n) is 5.23. The summed E-state index contributed by atoms with van der Waals surface area (Å²) in [7, 11) is 0. The molecule has 0 aromatic heterocycles. The van der Waals surface area contributed by atoms with Crippen LogP contribution in [0.1, 0.15) is 16.7 Å². The fourth-order valence-electron chi connectivity index (χ4n) is 1.99. The molecule has 0 amide bonds. The van der Waals surface area contributed by atoms with Crippen LogP contribution in [-0.2, 0) is 6.42 Å². The Morgan fingerprint density at radius 2 is 1.88 bits per heavy atom. The topological polar surface area (TPSA) is 12.4 Å². The molecule has 3 rings (SSSR count). The highest BCUT2D eigenvalue weighted by Crippen LogP contribution is 2.28. The van der Waals surface area contributed by atoms with Crippen molar-refractivity contribution in [3.8, 4) is 0 Å². The van der Waals surface area contributed by atoms with Gasteiger partial charge in [0.25, 0.3) is 0 Å². The molecule has 1 aliphatic rings. The van der Waals surface area contributed by atoms with Gasteiger partial charge >= 0.3 is 0 Å². The molecule has 2 heteroatoms. The van der Waals surface area contributed by atoms with Gasteiger partial charge in [-0.25, -0.2) is 0 Å². The van der Waals surface area contributed by atoms with Crippen molar-refractivity contribution in [2.75, 3.05) is 0 Å². The van der Waals surface area contributed by atoms with Gasteiger partial charge in [0.15, 0.2) is 0 Å². The molecular formula is C14H10ClN. The molecule has 0 atom stereocenters. The maximum atomic E-state index is 6.01. The average Bonchev–Trinajstić information content (AvgIpc) is 2.47. The Bertz CT molecular complexity index is 573. The lowest BCUT2D eigenvalue weighted by molar-refractivity contribution is 1.19. The van der Waals surface area contributed by atoms with Crippen LogP contribution in [0.25, 0.3) is 0 Å². The maximum Gasteiger partial charge on any atom is 0.0666 e. The molecule has 1 aliphatic heterocycles. The molecule has 0 aliphatic carbocycles. The molecule has 16 heavy (non-hydrogen) atoms. The zero-order valence-corrected chi connectivity index (χ0v) is 9.41.